The number of aromatic nitrogens is 2. The van der Waals surface area contributed by atoms with Crippen LogP contribution < -0.4 is 5.32 Å². The van der Waals surface area contributed by atoms with Gasteiger partial charge in [-0.05, 0) is 55.9 Å². The molecule has 3 rings (SSSR count). The van der Waals surface area contributed by atoms with Gasteiger partial charge >= 0.3 is 0 Å². The molecule has 1 aliphatic rings. The Balaban J connectivity index is 1.79. The highest BCUT2D eigenvalue weighted by atomic mass is 16.2. The first-order chi connectivity index (χ1) is 12.8. The van der Waals surface area contributed by atoms with Gasteiger partial charge in [-0.15, -0.1) is 0 Å². The summed E-state index contributed by atoms with van der Waals surface area (Å²) in [5, 5.41) is 2.87. The maximum Gasteiger partial charge on any atom is 0.274 e. The van der Waals surface area contributed by atoms with E-state index in [-0.39, 0.29) is 11.8 Å². The maximum atomic E-state index is 12.9. The zero-order chi connectivity index (χ0) is 19.6. The summed E-state index contributed by atoms with van der Waals surface area (Å²) in [5.74, 6) is 1.25. The van der Waals surface area contributed by atoms with Crippen molar-refractivity contribution in [1.82, 2.24) is 14.9 Å². The van der Waals surface area contributed by atoms with Crippen LogP contribution in [-0.4, -0.2) is 39.8 Å². The lowest BCUT2D eigenvalue weighted by molar-refractivity contribution is 0.0623. The van der Waals surface area contributed by atoms with Gasteiger partial charge in [-0.3, -0.25) is 9.59 Å². The van der Waals surface area contributed by atoms with Gasteiger partial charge < -0.3 is 10.2 Å². The van der Waals surface area contributed by atoms with Gasteiger partial charge in [0.2, 0.25) is 0 Å². The monoisotopic (exact) mass is 366 g/mol. The Hall–Kier alpha value is -2.76. The molecular formula is C21H26N4O2. The van der Waals surface area contributed by atoms with Crippen LogP contribution in [0.2, 0.25) is 0 Å². The Kier molecular flexibility index (Phi) is 5.54. The minimum atomic E-state index is -0.312. The number of carbonyl (C=O) groups excluding carboxylic acids is 2. The summed E-state index contributed by atoms with van der Waals surface area (Å²) in [5.41, 5.74) is 2.42. The van der Waals surface area contributed by atoms with E-state index in [1.807, 2.05) is 24.0 Å². The van der Waals surface area contributed by atoms with Crippen molar-refractivity contribution in [3.8, 4) is 0 Å². The van der Waals surface area contributed by atoms with E-state index in [9.17, 15) is 9.59 Å². The van der Waals surface area contributed by atoms with E-state index in [1.54, 1.807) is 25.3 Å². The van der Waals surface area contributed by atoms with E-state index >= 15 is 0 Å². The average Bonchev–Trinajstić information content (AvgIpc) is 2.62. The minimum absolute atomic E-state index is 0.0155. The Morgan fingerprint density at radius 2 is 1.81 bits per heavy atom. The Morgan fingerprint density at radius 1 is 1.11 bits per heavy atom. The van der Waals surface area contributed by atoms with Crippen molar-refractivity contribution < 1.29 is 9.59 Å². The molecule has 0 aliphatic carbocycles. The summed E-state index contributed by atoms with van der Waals surface area (Å²) in [6.07, 6.45) is 2.71. The fraction of sp³-hybridized carbons (Fsp3) is 0.429. The number of hydrogen-bond donors (Lipinski definition) is 1. The second-order valence-electron chi connectivity index (χ2n) is 7.63. The van der Waals surface area contributed by atoms with E-state index in [1.165, 1.54) is 0 Å². The fourth-order valence-electron chi connectivity index (χ4n) is 3.67. The van der Waals surface area contributed by atoms with Gasteiger partial charge in [-0.1, -0.05) is 19.9 Å². The molecule has 2 atom stereocenters. The second kappa shape index (κ2) is 7.86. The van der Waals surface area contributed by atoms with Crippen molar-refractivity contribution in [1.29, 1.82) is 0 Å². The van der Waals surface area contributed by atoms with Crippen molar-refractivity contribution in [2.45, 2.75) is 34.1 Å². The molecule has 6 heteroatoms. The van der Waals surface area contributed by atoms with Gasteiger partial charge in [-0.2, -0.15) is 0 Å². The molecule has 1 saturated heterocycles. The number of nitrogens with one attached hydrogen (secondary N) is 1. The molecule has 2 aromatic rings. The maximum absolute atomic E-state index is 12.9. The van der Waals surface area contributed by atoms with Crippen LogP contribution in [0.15, 0.2) is 30.5 Å². The molecule has 0 saturated carbocycles. The molecule has 2 heterocycles. The number of benzene rings is 1. The smallest absolute Gasteiger partial charge is 0.274 e. The van der Waals surface area contributed by atoms with Gasteiger partial charge in [-0.25, -0.2) is 9.97 Å². The normalized spacial score (nSPS) is 19.6. The fourth-order valence-corrected chi connectivity index (χ4v) is 3.67. The van der Waals surface area contributed by atoms with Gasteiger partial charge in [0.05, 0.1) is 0 Å². The first kappa shape index (κ1) is 19.0. The number of rotatable bonds is 3. The van der Waals surface area contributed by atoms with Crippen LogP contribution in [0, 0.1) is 25.7 Å². The number of nitrogens with zero attached hydrogens (tertiary/aromatic N) is 3. The molecule has 0 radical (unpaired) electrons. The average molecular weight is 366 g/mol. The highest BCUT2D eigenvalue weighted by molar-refractivity contribution is 6.04. The van der Waals surface area contributed by atoms with Crippen LogP contribution in [-0.2, 0) is 0 Å². The summed E-state index contributed by atoms with van der Waals surface area (Å²) < 4.78 is 0. The number of anilines is 1. The highest BCUT2D eigenvalue weighted by Gasteiger charge is 2.26. The Morgan fingerprint density at radius 3 is 2.48 bits per heavy atom. The van der Waals surface area contributed by atoms with Crippen molar-refractivity contribution >= 4 is 17.5 Å². The van der Waals surface area contributed by atoms with Gasteiger partial charge in [0.15, 0.2) is 0 Å². The third kappa shape index (κ3) is 4.51. The summed E-state index contributed by atoms with van der Waals surface area (Å²) in [7, 11) is 0. The predicted molar refractivity (Wildman–Crippen MR) is 105 cm³/mol. The third-order valence-corrected chi connectivity index (χ3v) is 4.90. The number of hydrogen-bond acceptors (Lipinski definition) is 4. The molecule has 1 fully saturated rings. The first-order valence-electron chi connectivity index (χ1n) is 9.34. The molecule has 0 unspecified atom stereocenters. The van der Waals surface area contributed by atoms with E-state index in [2.05, 4.69) is 29.1 Å². The number of amides is 2. The number of carbonyl (C=O) groups is 2. The lowest BCUT2D eigenvalue weighted by Crippen LogP contribution is -2.42. The van der Waals surface area contributed by atoms with E-state index in [0.29, 0.717) is 34.6 Å². The zero-order valence-electron chi connectivity index (χ0n) is 16.3. The first-order valence-corrected chi connectivity index (χ1v) is 9.34. The van der Waals surface area contributed by atoms with Crippen molar-refractivity contribution in [3.05, 3.63) is 53.1 Å². The Bertz CT molecular complexity index is 855. The van der Waals surface area contributed by atoms with Crippen LogP contribution in [0.25, 0.3) is 0 Å². The molecule has 1 aromatic heterocycles. The number of likely N-dealkylation sites (tertiary alicyclic amines) is 1. The van der Waals surface area contributed by atoms with E-state index in [0.717, 1.165) is 25.1 Å². The largest absolute Gasteiger partial charge is 0.338 e. The standard InChI is InChI=1S/C21H26N4O2/c1-13-9-14(2)12-25(11-13)21(27)17-6-5-15(3)19(10-17)24-20(26)18-7-8-22-16(4)23-18/h5-8,10,13-14H,9,11-12H2,1-4H3,(H,24,26)/t13-,14+. The zero-order valence-corrected chi connectivity index (χ0v) is 16.3. The predicted octanol–water partition coefficient (Wildman–Crippen LogP) is 3.46. The second-order valence-corrected chi connectivity index (χ2v) is 7.63. The quantitative estimate of drug-likeness (QED) is 0.903. The highest BCUT2D eigenvalue weighted by Crippen LogP contribution is 2.24. The molecule has 1 aliphatic heterocycles. The lowest BCUT2D eigenvalue weighted by atomic mass is 9.91. The van der Waals surface area contributed by atoms with Crippen molar-refractivity contribution in [2.75, 3.05) is 18.4 Å². The number of piperidine rings is 1. The van der Waals surface area contributed by atoms with Crippen LogP contribution in [0.3, 0.4) is 0 Å². The third-order valence-electron chi connectivity index (χ3n) is 4.90. The van der Waals surface area contributed by atoms with E-state index in [4.69, 9.17) is 0 Å². The SMILES string of the molecule is Cc1nccc(C(=O)Nc2cc(C(=O)N3C[C@H](C)C[C@H](C)C3)ccc2C)n1. The molecule has 6 nitrogen and oxygen atoms in total. The minimum Gasteiger partial charge on any atom is -0.338 e. The summed E-state index contributed by atoms with van der Waals surface area (Å²) in [4.78, 5) is 35.5. The molecule has 0 bridgehead atoms. The summed E-state index contributed by atoms with van der Waals surface area (Å²) >= 11 is 0. The van der Waals surface area contributed by atoms with Crippen LogP contribution in [0.5, 0.6) is 0 Å². The summed E-state index contributed by atoms with van der Waals surface area (Å²) in [6, 6.07) is 7.02. The van der Waals surface area contributed by atoms with Gasteiger partial charge in [0.1, 0.15) is 11.5 Å². The topological polar surface area (TPSA) is 75.2 Å². The molecule has 27 heavy (non-hydrogen) atoms. The molecule has 2 amide bonds. The van der Waals surface area contributed by atoms with Crippen LogP contribution in [0.4, 0.5) is 5.69 Å². The van der Waals surface area contributed by atoms with Crippen LogP contribution in [0.1, 0.15) is 52.5 Å². The van der Waals surface area contributed by atoms with Gasteiger partial charge in [0.25, 0.3) is 11.8 Å². The Labute approximate surface area is 160 Å². The molecular weight excluding hydrogens is 340 g/mol. The summed E-state index contributed by atoms with van der Waals surface area (Å²) in [6.45, 7) is 9.56. The van der Waals surface area contributed by atoms with Crippen LogP contribution >= 0.6 is 0 Å². The molecule has 1 aromatic carbocycles. The molecule has 142 valence electrons. The lowest BCUT2D eigenvalue weighted by Gasteiger charge is -2.35. The molecule has 1 N–H and O–H groups in total. The van der Waals surface area contributed by atoms with E-state index < -0.39 is 0 Å². The number of aryl methyl sites for hydroxylation is 2. The van der Waals surface area contributed by atoms with Gasteiger partial charge in [0, 0.05) is 30.5 Å². The van der Waals surface area contributed by atoms with Crippen molar-refractivity contribution in [3.63, 3.8) is 0 Å². The van der Waals surface area contributed by atoms with Crippen molar-refractivity contribution in [2.24, 2.45) is 11.8 Å². The molecule has 0 spiro atoms.